The number of fused-ring (bicyclic) bond motifs is 4. The topological polar surface area (TPSA) is 16.1 Å². The van der Waals surface area contributed by atoms with Gasteiger partial charge >= 0.3 is 0 Å². The molecule has 32 heavy (non-hydrogen) atoms. The molecule has 0 saturated carbocycles. The smallest absolute Gasteiger partial charge is 0.0924 e. The molecule has 0 spiro atoms. The van der Waals surface area contributed by atoms with Crippen molar-refractivity contribution in [3.63, 3.8) is 0 Å². The van der Waals surface area contributed by atoms with E-state index in [1.807, 2.05) is 13.8 Å². The second-order valence-corrected chi connectivity index (χ2v) is 9.28. The molecule has 0 radical (unpaired) electrons. The van der Waals surface area contributed by atoms with E-state index >= 15 is 0 Å². The van der Waals surface area contributed by atoms with E-state index in [0.29, 0.717) is 0 Å². The Morgan fingerprint density at radius 2 is 1.78 bits per heavy atom. The zero-order valence-electron chi connectivity index (χ0n) is 21.7. The highest BCUT2D eigenvalue weighted by molar-refractivity contribution is 5.89. The molecule has 0 saturated heterocycles. The van der Waals surface area contributed by atoms with Crippen LogP contribution in [0.25, 0.3) is 16.6 Å². The molecule has 0 N–H and O–H groups in total. The molecule has 0 bridgehead atoms. The highest BCUT2D eigenvalue weighted by Crippen LogP contribution is 2.49. The van der Waals surface area contributed by atoms with Gasteiger partial charge < -0.3 is 4.90 Å². The van der Waals surface area contributed by atoms with Gasteiger partial charge in [0.2, 0.25) is 0 Å². The maximum Gasteiger partial charge on any atom is 0.0924 e. The molecule has 0 aliphatic carbocycles. The Balaban J connectivity index is 0.00000141. The first-order valence-electron chi connectivity index (χ1n) is 12.1. The second kappa shape index (κ2) is 8.73. The summed E-state index contributed by atoms with van der Waals surface area (Å²) in [6.45, 7) is 29.3. The number of hydrogen-bond donors (Lipinski definition) is 0. The van der Waals surface area contributed by atoms with Gasteiger partial charge in [-0.25, -0.2) is 4.98 Å². The van der Waals surface area contributed by atoms with Crippen molar-refractivity contribution < 1.29 is 0 Å². The number of aromatic nitrogens is 1. The van der Waals surface area contributed by atoms with Crippen molar-refractivity contribution >= 4 is 16.6 Å². The van der Waals surface area contributed by atoms with Gasteiger partial charge in [0.1, 0.15) is 0 Å². The van der Waals surface area contributed by atoms with Crippen molar-refractivity contribution in [1.29, 1.82) is 0 Å². The van der Waals surface area contributed by atoms with E-state index in [-0.39, 0.29) is 5.41 Å². The van der Waals surface area contributed by atoms with Gasteiger partial charge in [0, 0.05) is 22.1 Å². The summed E-state index contributed by atoms with van der Waals surface area (Å²) in [7, 11) is 0. The molecule has 2 nitrogen and oxygen atoms in total. The fourth-order valence-corrected chi connectivity index (χ4v) is 5.05. The summed E-state index contributed by atoms with van der Waals surface area (Å²) in [5.41, 5.74) is 13.7. The average molecular weight is 429 g/mol. The first-order valence-corrected chi connectivity index (χ1v) is 12.1. The van der Waals surface area contributed by atoms with Crippen LogP contribution in [-0.4, -0.2) is 9.88 Å². The van der Waals surface area contributed by atoms with Gasteiger partial charge in [0.05, 0.1) is 23.5 Å². The van der Waals surface area contributed by atoms with E-state index in [1.165, 1.54) is 50.1 Å². The first-order chi connectivity index (χ1) is 15.1. The number of aryl methyl sites for hydroxylation is 2. The van der Waals surface area contributed by atoms with Crippen LogP contribution in [0.15, 0.2) is 53.8 Å². The first kappa shape index (κ1) is 24.0. The average Bonchev–Trinajstić information content (AvgIpc) is 3.15. The highest BCUT2D eigenvalue weighted by Gasteiger charge is 2.38. The number of nitrogens with zero attached hydrogens (tertiary/aromatic N) is 2. The van der Waals surface area contributed by atoms with Gasteiger partial charge in [-0.05, 0) is 86.6 Å². The molecule has 0 amide bonds. The summed E-state index contributed by atoms with van der Waals surface area (Å²) < 4.78 is 0. The summed E-state index contributed by atoms with van der Waals surface area (Å²) in [5.74, 6) is 0. The van der Waals surface area contributed by atoms with Crippen LogP contribution in [0.5, 0.6) is 0 Å². The molecule has 2 aliphatic rings. The van der Waals surface area contributed by atoms with Crippen LogP contribution in [0, 0.1) is 26.2 Å². The third-order valence-corrected chi connectivity index (χ3v) is 7.78. The minimum absolute atomic E-state index is 0.0583. The number of allylic oxidation sites excluding steroid dienone is 4. The minimum atomic E-state index is -0.0583. The van der Waals surface area contributed by atoms with Crippen LogP contribution in [-0.2, 0) is 6.54 Å². The van der Waals surface area contributed by atoms with Crippen LogP contribution in [0.2, 0.25) is 0 Å². The predicted molar refractivity (Wildman–Crippen MR) is 140 cm³/mol. The van der Waals surface area contributed by atoms with Gasteiger partial charge in [-0.15, -0.1) is 0 Å². The van der Waals surface area contributed by atoms with Gasteiger partial charge in [0.25, 0.3) is 0 Å². The summed E-state index contributed by atoms with van der Waals surface area (Å²) in [4.78, 5) is 7.54. The molecule has 4 rings (SSSR count). The van der Waals surface area contributed by atoms with Crippen molar-refractivity contribution in [3.8, 4) is 0 Å². The lowest BCUT2D eigenvalue weighted by molar-refractivity contribution is 0.447. The van der Waals surface area contributed by atoms with Crippen LogP contribution < -0.4 is 0 Å². The number of rotatable bonds is 4. The van der Waals surface area contributed by atoms with E-state index in [1.54, 1.807) is 0 Å². The Hall–Kier alpha value is -2.61. The molecule has 3 heterocycles. The Kier molecular flexibility index (Phi) is 6.56. The molecular formula is C30H40N2. The Bertz CT molecular complexity index is 1180. The van der Waals surface area contributed by atoms with E-state index in [0.717, 1.165) is 36.3 Å². The van der Waals surface area contributed by atoms with Crippen LogP contribution >= 0.6 is 0 Å². The molecule has 0 unspecified atom stereocenters. The van der Waals surface area contributed by atoms with Crippen LogP contribution in [0.1, 0.15) is 82.3 Å². The number of pyridine rings is 1. The second-order valence-electron chi connectivity index (χ2n) is 9.28. The largest absolute Gasteiger partial charge is 0.335 e. The lowest BCUT2D eigenvalue weighted by atomic mass is 9.70. The van der Waals surface area contributed by atoms with Crippen molar-refractivity contribution in [2.75, 3.05) is 0 Å². The van der Waals surface area contributed by atoms with Crippen molar-refractivity contribution in [3.05, 3.63) is 81.7 Å². The third kappa shape index (κ3) is 3.45. The van der Waals surface area contributed by atoms with Gasteiger partial charge in [-0.1, -0.05) is 53.3 Å². The molecule has 1 atom stereocenters. The molecule has 2 aliphatic heterocycles. The normalized spacial score (nSPS) is 16.8. The lowest BCUT2D eigenvalue weighted by Crippen LogP contribution is -2.27. The predicted octanol–water partition coefficient (Wildman–Crippen LogP) is 8.57. The monoisotopic (exact) mass is 428 g/mol. The Labute approximate surface area is 195 Å². The zero-order valence-corrected chi connectivity index (χ0v) is 21.7. The molecule has 1 aromatic carbocycles. The van der Waals surface area contributed by atoms with E-state index in [2.05, 4.69) is 84.7 Å². The molecule has 2 aromatic rings. The summed E-state index contributed by atoms with van der Waals surface area (Å²) in [6, 6.07) is 4.59. The molecule has 1 aromatic heterocycles. The molecule has 2 heteroatoms. The maximum atomic E-state index is 5.18. The molecular weight excluding hydrogens is 388 g/mol. The number of hydrogen-bond acceptors (Lipinski definition) is 2. The summed E-state index contributed by atoms with van der Waals surface area (Å²) in [5, 5.41) is 1.27. The van der Waals surface area contributed by atoms with Crippen LogP contribution in [0.4, 0.5) is 0 Å². The van der Waals surface area contributed by atoms with Gasteiger partial charge in [-0.2, -0.15) is 0 Å². The van der Waals surface area contributed by atoms with E-state index < -0.39 is 0 Å². The summed E-state index contributed by atoms with van der Waals surface area (Å²) in [6.07, 6.45) is 4.37. The Morgan fingerprint density at radius 1 is 1.12 bits per heavy atom. The van der Waals surface area contributed by atoms with Gasteiger partial charge in [0.15, 0.2) is 0 Å². The van der Waals surface area contributed by atoms with Crippen molar-refractivity contribution in [2.24, 2.45) is 5.41 Å². The quantitative estimate of drug-likeness (QED) is 0.453. The number of benzene rings is 1. The minimum Gasteiger partial charge on any atom is -0.335 e. The third-order valence-electron chi connectivity index (χ3n) is 7.78. The van der Waals surface area contributed by atoms with E-state index in [9.17, 15) is 0 Å². The SMILES string of the molecule is C=C1C(CC)=C([C@@](C)(CC)C(=C)C)C=C2c3nc4cc(C)c(C)c(C)c4cc3CN12.CC. The zero-order chi connectivity index (χ0) is 24.0. The standard InChI is InChI=1S/C28H34N2.C2H6/c1-10-22-20(8)30-15-21-13-23-19(7)18(6)17(5)12-25(23)29-27(21)26(30)14-24(22)28(9,11-2)16(3)4;1-2/h12-14H,3,8,10-11,15H2,1-2,4-7,9H3;1-2H3/t28-;/m0./s1. The van der Waals surface area contributed by atoms with Crippen molar-refractivity contribution in [2.45, 2.75) is 81.7 Å². The van der Waals surface area contributed by atoms with Gasteiger partial charge in [-0.3, -0.25) is 0 Å². The molecule has 0 fully saturated rings. The van der Waals surface area contributed by atoms with E-state index in [4.69, 9.17) is 4.98 Å². The molecule has 170 valence electrons. The van der Waals surface area contributed by atoms with Crippen LogP contribution in [0.3, 0.4) is 0 Å². The maximum absolute atomic E-state index is 5.18. The summed E-state index contributed by atoms with van der Waals surface area (Å²) >= 11 is 0. The van der Waals surface area contributed by atoms with Crippen molar-refractivity contribution in [1.82, 2.24) is 9.88 Å². The highest BCUT2D eigenvalue weighted by atomic mass is 15.2. The Morgan fingerprint density at radius 3 is 2.34 bits per heavy atom. The fraction of sp³-hybridized carbons (Fsp3) is 0.433. The lowest BCUT2D eigenvalue weighted by Gasteiger charge is -2.38. The fourth-order valence-electron chi connectivity index (χ4n) is 5.05.